The summed E-state index contributed by atoms with van der Waals surface area (Å²) in [7, 11) is 0. The molecule has 0 amide bonds. The Morgan fingerprint density at radius 2 is 1.30 bits per heavy atom. The smallest absolute Gasteiger partial charge is 0.0162 e. The Morgan fingerprint density at radius 3 is 1.89 bits per heavy atom. The highest BCUT2D eigenvalue weighted by molar-refractivity contribution is 5.64. The van der Waals surface area contributed by atoms with Crippen molar-refractivity contribution in [1.29, 1.82) is 0 Å². The lowest BCUT2D eigenvalue weighted by molar-refractivity contribution is 0.308. The third-order valence-electron chi connectivity index (χ3n) is 6.53. The van der Waals surface area contributed by atoms with Crippen LogP contribution in [0.1, 0.15) is 95.1 Å². The van der Waals surface area contributed by atoms with Gasteiger partial charge in [0.15, 0.2) is 0 Å². The first-order valence-electron chi connectivity index (χ1n) is 11.5. The Morgan fingerprint density at radius 1 is 0.667 bits per heavy atom. The Bertz CT molecular complexity index is 641. The van der Waals surface area contributed by atoms with Crippen LogP contribution in [0.4, 0.5) is 0 Å². The summed E-state index contributed by atoms with van der Waals surface area (Å²) >= 11 is 0. The van der Waals surface area contributed by atoms with Crippen LogP contribution in [0.5, 0.6) is 0 Å². The Kier molecular flexibility index (Phi) is 7.99. The molecule has 1 aliphatic rings. The van der Waals surface area contributed by atoms with E-state index in [0.717, 1.165) is 11.8 Å². The van der Waals surface area contributed by atoms with Gasteiger partial charge in [-0.1, -0.05) is 94.5 Å². The van der Waals surface area contributed by atoms with Crippen LogP contribution in [0, 0.1) is 5.92 Å². The van der Waals surface area contributed by atoms with Gasteiger partial charge in [-0.05, 0) is 72.6 Å². The minimum atomic E-state index is 0.789. The molecule has 0 bridgehead atoms. The van der Waals surface area contributed by atoms with E-state index in [4.69, 9.17) is 0 Å². The molecule has 0 aromatic heterocycles. The van der Waals surface area contributed by atoms with Crippen molar-refractivity contribution in [1.82, 2.24) is 0 Å². The van der Waals surface area contributed by atoms with Crippen LogP contribution in [-0.4, -0.2) is 0 Å². The molecule has 0 atom stereocenters. The third kappa shape index (κ3) is 5.96. The predicted molar refractivity (Wildman–Crippen MR) is 119 cm³/mol. The van der Waals surface area contributed by atoms with E-state index in [0.29, 0.717) is 0 Å². The number of rotatable bonds is 9. The second kappa shape index (κ2) is 10.7. The quantitative estimate of drug-likeness (QED) is 0.392. The zero-order valence-corrected chi connectivity index (χ0v) is 17.6. The van der Waals surface area contributed by atoms with Gasteiger partial charge in [-0.25, -0.2) is 0 Å². The molecule has 0 heterocycles. The molecule has 1 saturated carbocycles. The number of aryl methyl sites for hydroxylation is 1. The average Bonchev–Trinajstić information content (AvgIpc) is 2.73. The van der Waals surface area contributed by atoms with Crippen LogP contribution in [0.25, 0.3) is 11.1 Å². The highest BCUT2D eigenvalue weighted by Gasteiger charge is 2.21. The van der Waals surface area contributed by atoms with Crippen LogP contribution in [0.15, 0.2) is 48.5 Å². The first-order valence-corrected chi connectivity index (χ1v) is 11.5. The minimum absolute atomic E-state index is 0.789. The molecular weight excluding hydrogens is 324 g/mol. The molecule has 0 saturated heterocycles. The van der Waals surface area contributed by atoms with Crippen molar-refractivity contribution < 1.29 is 0 Å². The Balaban J connectivity index is 1.54. The van der Waals surface area contributed by atoms with Crippen molar-refractivity contribution in [3.05, 3.63) is 59.7 Å². The molecular formula is C27H38. The molecule has 0 aliphatic heterocycles. The number of hydrogen-bond acceptors (Lipinski definition) is 0. The van der Waals surface area contributed by atoms with Crippen LogP contribution in [-0.2, 0) is 6.42 Å². The maximum Gasteiger partial charge on any atom is -0.0162 e. The van der Waals surface area contributed by atoms with Gasteiger partial charge in [0.05, 0.1) is 0 Å². The van der Waals surface area contributed by atoms with E-state index in [1.54, 1.807) is 5.56 Å². The molecule has 27 heavy (non-hydrogen) atoms. The lowest BCUT2D eigenvalue weighted by atomic mass is 9.77. The molecule has 1 aliphatic carbocycles. The van der Waals surface area contributed by atoms with Crippen LogP contribution < -0.4 is 0 Å². The van der Waals surface area contributed by atoms with Gasteiger partial charge in [0.1, 0.15) is 0 Å². The normalized spacial score (nSPS) is 19.9. The molecule has 2 aromatic carbocycles. The average molecular weight is 363 g/mol. The van der Waals surface area contributed by atoms with Gasteiger partial charge in [0, 0.05) is 0 Å². The first-order chi connectivity index (χ1) is 13.3. The van der Waals surface area contributed by atoms with Crippen molar-refractivity contribution >= 4 is 0 Å². The first kappa shape index (κ1) is 20.2. The highest BCUT2D eigenvalue weighted by Crippen LogP contribution is 2.38. The molecule has 0 spiro atoms. The van der Waals surface area contributed by atoms with E-state index < -0.39 is 0 Å². The number of unbranched alkanes of at least 4 members (excludes halogenated alkanes) is 3. The largest absolute Gasteiger partial charge is 0.0654 e. The van der Waals surface area contributed by atoms with Crippen molar-refractivity contribution in [2.75, 3.05) is 0 Å². The number of hydrogen-bond donors (Lipinski definition) is 0. The van der Waals surface area contributed by atoms with Gasteiger partial charge in [0.2, 0.25) is 0 Å². The second-order valence-electron chi connectivity index (χ2n) is 8.64. The topological polar surface area (TPSA) is 0 Å². The summed E-state index contributed by atoms with van der Waals surface area (Å²) < 4.78 is 0. The Labute approximate surface area is 167 Å². The molecule has 1 fully saturated rings. The van der Waals surface area contributed by atoms with E-state index in [2.05, 4.69) is 62.4 Å². The lowest BCUT2D eigenvalue weighted by Gasteiger charge is -2.28. The molecule has 3 rings (SSSR count). The van der Waals surface area contributed by atoms with Crippen LogP contribution >= 0.6 is 0 Å². The predicted octanol–water partition coefficient (Wildman–Crippen LogP) is 8.55. The second-order valence-corrected chi connectivity index (χ2v) is 8.64. The lowest BCUT2D eigenvalue weighted by Crippen LogP contribution is -2.13. The van der Waals surface area contributed by atoms with Crippen molar-refractivity contribution in [3.63, 3.8) is 0 Å². The maximum atomic E-state index is 2.39. The summed E-state index contributed by atoms with van der Waals surface area (Å²) in [6.45, 7) is 4.60. The van der Waals surface area contributed by atoms with E-state index in [1.165, 1.54) is 87.3 Å². The summed E-state index contributed by atoms with van der Waals surface area (Å²) in [5.41, 5.74) is 5.75. The van der Waals surface area contributed by atoms with Crippen molar-refractivity contribution in [3.8, 4) is 11.1 Å². The van der Waals surface area contributed by atoms with Gasteiger partial charge >= 0.3 is 0 Å². The summed E-state index contributed by atoms with van der Waals surface area (Å²) in [4.78, 5) is 0. The number of benzene rings is 2. The fraction of sp³-hybridized carbons (Fsp3) is 0.556. The van der Waals surface area contributed by atoms with Gasteiger partial charge in [-0.2, -0.15) is 0 Å². The fourth-order valence-electron chi connectivity index (χ4n) is 4.76. The summed E-state index contributed by atoms with van der Waals surface area (Å²) in [6, 6.07) is 18.7. The van der Waals surface area contributed by atoms with Gasteiger partial charge < -0.3 is 0 Å². The van der Waals surface area contributed by atoms with Gasteiger partial charge in [0.25, 0.3) is 0 Å². The molecule has 0 unspecified atom stereocenters. The summed E-state index contributed by atoms with van der Waals surface area (Å²) in [5, 5.41) is 0. The third-order valence-corrected chi connectivity index (χ3v) is 6.53. The monoisotopic (exact) mass is 362 g/mol. The van der Waals surface area contributed by atoms with E-state index >= 15 is 0 Å². The molecule has 0 N–H and O–H groups in total. The van der Waals surface area contributed by atoms with Gasteiger partial charge in [-0.15, -0.1) is 0 Å². The molecule has 0 radical (unpaired) electrons. The zero-order valence-electron chi connectivity index (χ0n) is 17.6. The van der Waals surface area contributed by atoms with Crippen LogP contribution in [0.2, 0.25) is 0 Å². The van der Waals surface area contributed by atoms with Gasteiger partial charge in [-0.3, -0.25) is 0 Å². The minimum Gasteiger partial charge on any atom is -0.0654 e. The van der Waals surface area contributed by atoms with Crippen molar-refractivity contribution in [2.45, 2.75) is 90.4 Å². The standard InChI is InChI=1S/C27H38/c1-3-5-6-7-9-23-12-16-25(17-13-23)27-20-18-26(19-21-27)24-14-10-22(8-4-2)11-15-24/h12-13,16-22,24H,3-11,14-15H2,1-2H3. The van der Waals surface area contributed by atoms with E-state index in [1.807, 2.05) is 0 Å². The molecule has 2 aromatic rings. The molecule has 0 heteroatoms. The fourth-order valence-corrected chi connectivity index (χ4v) is 4.76. The maximum absolute atomic E-state index is 2.39. The highest BCUT2D eigenvalue weighted by atomic mass is 14.3. The summed E-state index contributed by atoms with van der Waals surface area (Å²) in [5.74, 6) is 1.78. The van der Waals surface area contributed by atoms with Crippen LogP contribution in [0.3, 0.4) is 0 Å². The molecule has 146 valence electrons. The SMILES string of the molecule is CCCCCCc1ccc(-c2ccc(C3CCC(CCC)CC3)cc2)cc1. The van der Waals surface area contributed by atoms with E-state index in [-0.39, 0.29) is 0 Å². The summed E-state index contributed by atoms with van der Waals surface area (Å²) in [6.07, 6.45) is 15.0. The van der Waals surface area contributed by atoms with E-state index in [9.17, 15) is 0 Å². The van der Waals surface area contributed by atoms with Crippen molar-refractivity contribution in [2.24, 2.45) is 5.92 Å². The zero-order chi connectivity index (χ0) is 18.9. The molecule has 0 nitrogen and oxygen atoms in total. The Hall–Kier alpha value is -1.56.